The van der Waals surface area contributed by atoms with Gasteiger partial charge < -0.3 is 14.4 Å². The van der Waals surface area contributed by atoms with Crippen LogP contribution in [-0.4, -0.2) is 22.2 Å². The molecule has 6 nitrogen and oxygen atoms in total. The highest BCUT2D eigenvalue weighted by atomic mass is 35.5. The Labute approximate surface area is 181 Å². The van der Waals surface area contributed by atoms with Gasteiger partial charge in [0.25, 0.3) is 0 Å². The van der Waals surface area contributed by atoms with Gasteiger partial charge in [0.15, 0.2) is 12.3 Å². The normalized spacial score (nSPS) is 11.7. The van der Waals surface area contributed by atoms with Gasteiger partial charge in [0.1, 0.15) is 5.75 Å². The van der Waals surface area contributed by atoms with E-state index in [2.05, 4.69) is 24.1 Å². The minimum atomic E-state index is -0.542. The molecule has 0 atom stereocenters. The second-order valence-electron chi connectivity index (χ2n) is 7.82. The zero-order valence-electron chi connectivity index (χ0n) is 17.6. The lowest BCUT2D eigenvalue weighted by Gasteiger charge is -2.09. The number of ether oxygens (including phenoxy) is 1. The quantitative estimate of drug-likeness (QED) is 0.446. The molecule has 30 heavy (non-hydrogen) atoms. The zero-order valence-corrected chi connectivity index (χ0v) is 18.4. The molecule has 0 fully saturated rings. The predicted molar refractivity (Wildman–Crippen MR) is 119 cm³/mol. The molecule has 1 heterocycles. The van der Waals surface area contributed by atoms with Gasteiger partial charge in [-0.05, 0) is 62.1 Å². The van der Waals surface area contributed by atoms with E-state index in [0.29, 0.717) is 28.9 Å². The van der Waals surface area contributed by atoms with Crippen molar-refractivity contribution in [2.45, 2.75) is 40.7 Å². The van der Waals surface area contributed by atoms with Gasteiger partial charge in [-0.15, -0.1) is 10.2 Å². The Balaban J connectivity index is 1.81. The van der Waals surface area contributed by atoms with Crippen LogP contribution in [0.25, 0.3) is 10.9 Å². The molecule has 0 aliphatic carbocycles. The van der Waals surface area contributed by atoms with Crippen molar-refractivity contribution in [3.8, 4) is 11.6 Å². The number of hydrogen-bond donors (Lipinski definition) is 1. The van der Waals surface area contributed by atoms with Crippen LogP contribution in [0.4, 0.5) is 5.69 Å². The standard InChI is InChI=1S/C23H26ClN3O3/c1-14(2)9-10-27-19-7-5-15(3)11-18(19)22(23(27)29)26-25-21(28)13-30-20-8-6-17(24)12-16(20)4/h5-8,11-12,14,29H,9-10,13H2,1-4H3. The molecule has 0 spiro atoms. The van der Waals surface area contributed by atoms with Crippen LogP contribution >= 0.6 is 11.6 Å². The highest BCUT2D eigenvalue weighted by Gasteiger charge is 2.17. The third kappa shape index (κ3) is 5.00. The molecule has 158 valence electrons. The molecular weight excluding hydrogens is 402 g/mol. The average molecular weight is 428 g/mol. The number of aromatic hydroxyl groups is 1. The summed E-state index contributed by atoms with van der Waals surface area (Å²) in [7, 11) is 0. The molecule has 1 aromatic heterocycles. The van der Waals surface area contributed by atoms with Gasteiger partial charge in [-0.1, -0.05) is 37.1 Å². The number of carbonyl (C=O) groups excluding carboxylic acids is 1. The third-order valence-electron chi connectivity index (χ3n) is 4.85. The first-order valence-corrected chi connectivity index (χ1v) is 10.3. The van der Waals surface area contributed by atoms with Crippen LogP contribution in [-0.2, 0) is 11.3 Å². The van der Waals surface area contributed by atoms with E-state index in [4.69, 9.17) is 16.3 Å². The fourth-order valence-corrected chi connectivity index (χ4v) is 3.43. The van der Waals surface area contributed by atoms with Gasteiger partial charge in [-0.2, -0.15) is 0 Å². The lowest BCUT2D eigenvalue weighted by Crippen LogP contribution is -2.08. The number of aryl methyl sites for hydroxylation is 3. The van der Waals surface area contributed by atoms with Gasteiger partial charge in [0.05, 0.1) is 5.52 Å². The molecule has 3 aromatic rings. The van der Waals surface area contributed by atoms with E-state index in [1.165, 1.54) is 0 Å². The average Bonchev–Trinajstić information content (AvgIpc) is 2.94. The van der Waals surface area contributed by atoms with Gasteiger partial charge >= 0.3 is 5.91 Å². The summed E-state index contributed by atoms with van der Waals surface area (Å²) in [4.78, 5) is 12.2. The van der Waals surface area contributed by atoms with Crippen molar-refractivity contribution in [2.75, 3.05) is 6.61 Å². The van der Waals surface area contributed by atoms with E-state index in [1.807, 2.05) is 36.6 Å². The first-order chi connectivity index (χ1) is 14.3. The first-order valence-electron chi connectivity index (χ1n) is 9.91. The topological polar surface area (TPSA) is 76.2 Å². The molecule has 1 N–H and O–H groups in total. The summed E-state index contributed by atoms with van der Waals surface area (Å²) in [5.74, 6) is 0.529. The van der Waals surface area contributed by atoms with Crippen molar-refractivity contribution < 1.29 is 14.6 Å². The fraction of sp³-hybridized carbons (Fsp3) is 0.348. The van der Waals surface area contributed by atoms with Gasteiger partial charge in [-0.25, -0.2) is 0 Å². The van der Waals surface area contributed by atoms with Crippen molar-refractivity contribution in [3.05, 3.63) is 52.5 Å². The lowest BCUT2D eigenvalue weighted by atomic mass is 10.1. The molecule has 0 saturated carbocycles. The minimum absolute atomic E-state index is 0.0160. The van der Waals surface area contributed by atoms with E-state index in [9.17, 15) is 9.90 Å². The Bertz CT molecular complexity index is 1100. The molecule has 7 heteroatoms. The summed E-state index contributed by atoms with van der Waals surface area (Å²) in [5.41, 5.74) is 3.03. The maximum Gasteiger partial charge on any atom is 0.302 e. The highest BCUT2D eigenvalue weighted by molar-refractivity contribution is 6.30. The van der Waals surface area contributed by atoms with Crippen molar-refractivity contribution >= 4 is 34.1 Å². The summed E-state index contributed by atoms with van der Waals surface area (Å²) in [6, 6.07) is 11.0. The van der Waals surface area contributed by atoms with Crippen LogP contribution in [0, 0.1) is 19.8 Å². The number of nitrogens with zero attached hydrogens (tertiary/aromatic N) is 3. The smallest absolute Gasteiger partial charge is 0.302 e. The zero-order chi connectivity index (χ0) is 21.8. The molecule has 0 radical (unpaired) electrons. The van der Waals surface area contributed by atoms with Crippen LogP contribution in [0.15, 0.2) is 46.6 Å². The van der Waals surface area contributed by atoms with Gasteiger partial charge in [-0.3, -0.25) is 4.79 Å². The maximum absolute atomic E-state index is 12.2. The molecule has 0 aliphatic heterocycles. The largest absolute Gasteiger partial charge is 0.493 e. The van der Waals surface area contributed by atoms with E-state index < -0.39 is 5.91 Å². The number of halogens is 1. The Kier molecular flexibility index (Phi) is 6.77. The van der Waals surface area contributed by atoms with Crippen LogP contribution < -0.4 is 4.74 Å². The van der Waals surface area contributed by atoms with Gasteiger partial charge in [0, 0.05) is 17.0 Å². The predicted octanol–water partition coefficient (Wildman–Crippen LogP) is 6.35. The number of rotatable bonds is 7. The maximum atomic E-state index is 12.2. The van der Waals surface area contributed by atoms with E-state index >= 15 is 0 Å². The van der Waals surface area contributed by atoms with E-state index in [-0.39, 0.29) is 12.5 Å². The second-order valence-corrected chi connectivity index (χ2v) is 8.26. The third-order valence-corrected chi connectivity index (χ3v) is 5.08. The van der Waals surface area contributed by atoms with Crippen molar-refractivity contribution in [3.63, 3.8) is 0 Å². The fourth-order valence-electron chi connectivity index (χ4n) is 3.20. The SMILES string of the molecule is Cc1ccc2c(c1)c(N=NC(=O)COc1ccc(Cl)cc1C)c(O)n2CCC(C)C. The Morgan fingerprint density at radius 3 is 2.67 bits per heavy atom. The number of carbonyl (C=O) groups is 1. The van der Waals surface area contributed by atoms with E-state index in [0.717, 1.165) is 28.5 Å². The van der Waals surface area contributed by atoms with Gasteiger partial charge in [0.2, 0.25) is 5.88 Å². The minimum Gasteiger partial charge on any atom is -0.493 e. The monoisotopic (exact) mass is 427 g/mol. The molecule has 2 aromatic carbocycles. The molecule has 3 rings (SSSR count). The molecule has 0 aliphatic rings. The molecule has 0 saturated heterocycles. The summed E-state index contributed by atoms with van der Waals surface area (Å²) in [6.07, 6.45) is 0.912. The van der Waals surface area contributed by atoms with Crippen LogP contribution in [0.3, 0.4) is 0 Å². The second kappa shape index (κ2) is 9.30. The highest BCUT2D eigenvalue weighted by Crippen LogP contribution is 2.39. The van der Waals surface area contributed by atoms with Crippen molar-refractivity contribution in [2.24, 2.45) is 16.1 Å². The van der Waals surface area contributed by atoms with E-state index in [1.54, 1.807) is 18.2 Å². The van der Waals surface area contributed by atoms with Crippen LogP contribution in [0.1, 0.15) is 31.4 Å². The van der Waals surface area contributed by atoms with Crippen molar-refractivity contribution in [1.82, 2.24) is 4.57 Å². The molecule has 0 unspecified atom stereocenters. The molecule has 0 bridgehead atoms. The summed E-state index contributed by atoms with van der Waals surface area (Å²) in [5, 5.41) is 20.0. The molecular formula is C23H26ClN3O3. The van der Waals surface area contributed by atoms with Crippen LogP contribution in [0.5, 0.6) is 11.6 Å². The number of azo groups is 1. The molecule has 1 amide bonds. The summed E-state index contributed by atoms with van der Waals surface area (Å²) < 4.78 is 7.34. The summed E-state index contributed by atoms with van der Waals surface area (Å²) in [6.45, 7) is 8.49. The number of aromatic nitrogens is 1. The number of amides is 1. The lowest BCUT2D eigenvalue weighted by molar-refractivity contribution is -0.120. The number of benzene rings is 2. The Morgan fingerprint density at radius 1 is 1.20 bits per heavy atom. The Morgan fingerprint density at radius 2 is 1.97 bits per heavy atom. The number of hydrogen-bond acceptors (Lipinski definition) is 4. The first kappa shape index (κ1) is 21.8. The van der Waals surface area contributed by atoms with Crippen LogP contribution in [0.2, 0.25) is 5.02 Å². The van der Waals surface area contributed by atoms with Crippen molar-refractivity contribution in [1.29, 1.82) is 0 Å². The Hall–Kier alpha value is -2.86. The summed E-state index contributed by atoms with van der Waals surface area (Å²) >= 11 is 5.93. The number of fused-ring (bicyclic) bond motifs is 1.